The molecular formula is C13H18N2O. The van der Waals surface area contributed by atoms with Crippen LogP contribution in [0, 0.1) is 0 Å². The van der Waals surface area contributed by atoms with Crippen molar-refractivity contribution in [1.82, 2.24) is 9.88 Å². The Bertz CT molecular complexity index is 350. The van der Waals surface area contributed by atoms with Crippen LogP contribution in [0.4, 0.5) is 0 Å². The number of rotatable bonds is 3. The number of Topliss-reactive ketones (excluding diaryl/α,β-unsaturated/α-hetero) is 1. The van der Waals surface area contributed by atoms with E-state index in [1.807, 2.05) is 24.5 Å². The summed E-state index contributed by atoms with van der Waals surface area (Å²) in [7, 11) is 2.10. The molecule has 1 aromatic heterocycles. The number of carbonyl (C=O) groups is 1. The molecule has 1 aliphatic rings. The van der Waals surface area contributed by atoms with Crippen LogP contribution in [0.15, 0.2) is 24.5 Å². The van der Waals surface area contributed by atoms with E-state index in [-0.39, 0.29) is 0 Å². The molecule has 0 N–H and O–H groups in total. The van der Waals surface area contributed by atoms with Gasteiger partial charge in [-0.05, 0) is 37.6 Å². The summed E-state index contributed by atoms with van der Waals surface area (Å²) in [6.45, 7) is 0.903. The third-order valence-corrected chi connectivity index (χ3v) is 3.26. The lowest BCUT2D eigenvalue weighted by molar-refractivity contribution is -0.121. The van der Waals surface area contributed by atoms with Gasteiger partial charge in [-0.25, -0.2) is 0 Å². The Labute approximate surface area is 96.5 Å². The molecule has 0 bridgehead atoms. The van der Waals surface area contributed by atoms with Crippen LogP contribution in [0.25, 0.3) is 0 Å². The van der Waals surface area contributed by atoms with Crippen molar-refractivity contribution in [2.75, 3.05) is 7.05 Å². The van der Waals surface area contributed by atoms with Gasteiger partial charge in [0.25, 0.3) is 0 Å². The second-order valence-electron chi connectivity index (χ2n) is 4.56. The summed E-state index contributed by atoms with van der Waals surface area (Å²) < 4.78 is 0. The number of aromatic nitrogens is 1. The van der Waals surface area contributed by atoms with Crippen molar-refractivity contribution in [3.8, 4) is 0 Å². The third-order valence-electron chi connectivity index (χ3n) is 3.26. The van der Waals surface area contributed by atoms with E-state index in [2.05, 4.69) is 16.9 Å². The predicted molar refractivity (Wildman–Crippen MR) is 63.0 cm³/mol. The predicted octanol–water partition coefficient (Wildman–Crippen LogP) is 2.03. The molecular weight excluding hydrogens is 200 g/mol. The Balaban J connectivity index is 1.92. The average molecular weight is 218 g/mol. The highest BCUT2D eigenvalue weighted by Crippen LogP contribution is 2.20. The van der Waals surface area contributed by atoms with Gasteiger partial charge in [-0.15, -0.1) is 0 Å². The van der Waals surface area contributed by atoms with E-state index < -0.39 is 0 Å². The minimum Gasteiger partial charge on any atom is -0.300 e. The Hall–Kier alpha value is -1.22. The first-order chi connectivity index (χ1) is 7.75. The van der Waals surface area contributed by atoms with Crippen LogP contribution in [0.2, 0.25) is 0 Å². The molecule has 1 unspecified atom stereocenters. The average Bonchev–Trinajstić information content (AvgIpc) is 2.30. The largest absolute Gasteiger partial charge is 0.300 e. The molecule has 1 saturated carbocycles. The Kier molecular flexibility index (Phi) is 3.67. The maximum atomic E-state index is 11.4. The molecule has 0 aromatic carbocycles. The first-order valence-electron chi connectivity index (χ1n) is 5.86. The molecule has 16 heavy (non-hydrogen) atoms. The van der Waals surface area contributed by atoms with E-state index in [4.69, 9.17) is 0 Å². The smallest absolute Gasteiger partial charge is 0.134 e. The van der Waals surface area contributed by atoms with Gasteiger partial charge < -0.3 is 0 Å². The summed E-state index contributed by atoms with van der Waals surface area (Å²) in [5, 5.41) is 0. The number of hydrogen-bond donors (Lipinski definition) is 0. The highest BCUT2D eigenvalue weighted by Gasteiger charge is 2.22. The monoisotopic (exact) mass is 218 g/mol. The van der Waals surface area contributed by atoms with Gasteiger partial charge in [-0.1, -0.05) is 0 Å². The van der Waals surface area contributed by atoms with E-state index in [9.17, 15) is 4.79 Å². The molecule has 1 fully saturated rings. The summed E-state index contributed by atoms with van der Waals surface area (Å²) in [5.74, 6) is 0.415. The van der Waals surface area contributed by atoms with Gasteiger partial charge in [0.05, 0.1) is 0 Å². The molecule has 1 aliphatic carbocycles. The lowest BCUT2D eigenvalue weighted by Gasteiger charge is -2.30. The van der Waals surface area contributed by atoms with Gasteiger partial charge in [0.1, 0.15) is 5.78 Å². The summed E-state index contributed by atoms with van der Waals surface area (Å²) in [5.41, 5.74) is 1.26. The molecule has 1 heterocycles. The molecule has 0 amide bonds. The maximum Gasteiger partial charge on any atom is 0.134 e. The van der Waals surface area contributed by atoms with Crippen molar-refractivity contribution in [3.05, 3.63) is 30.1 Å². The quantitative estimate of drug-likeness (QED) is 0.778. The fourth-order valence-electron chi connectivity index (χ4n) is 2.28. The first-order valence-corrected chi connectivity index (χ1v) is 5.86. The molecule has 1 aromatic rings. The SMILES string of the molecule is CN(Cc1ccncc1)C1CCCC(=O)C1. The highest BCUT2D eigenvalue weighted by molar-refractivity contribution is 5.79. The maximum absolute atomic E-state index is 11.4. The van der Waals surface area contributed by atoms with Crippen molar-refractivity contribution < 1.29 is 4.79 Å². The Morgan fingerprint density at radius 2 is 2.19 bits per heavy atom. The van der Waals surface area contributed by atoms with Gasteiger partial charge in [0, 0.05) is 37.8 Å². The number of hydrogen-bond acceptors (Lipinski definition) is 3. The van der Waals surface area contributed by atoms with E-state index in [1.54, 1.807) is 0 Å². The minimum atomic E-state index is 0.415. The lowest BCUT2D eigenvalue weighted by Crippen LogP contribution is -2.35. The summed E-state index contributed by atoms with van der Waals surface area (Å²) in [6, 6.07) is 4.48. The van der Waals surface area contributed by atoms with Crippen LogP contribution in [-0.4, -0.2) is 28.8 Å². The second-order valence-corrected chi connectivity index (χ2v) is 4.56. The molecule has 0 spiro atoms. The summed E-state index contributed by atoms with van der Waals surface area (Å²) in [6.07, 6.45) is 7.32. The van der Waals surface area contributed by atoms with Crippen LogP contribution in [0.1, 0.15) is 31.2 Å². The van der Waals surface area contributed by atoms with Crippen LogP contribution < -0.4 is 0 Å². The van der Waals surface area contributed by atoms with Crippen molar-refractivity contribution in [2.24, 2.45) is 0 Å². The standard InChI is InChI=1S/C13H18N2O/c1-15(10-11-5-7-14-8-6-11)12-3-2-4-13(16)9-12/h5-8,12H,2-4,9-10H2,1H3. The van der Waals surface area contributed by atoms with E-state index in [1.165, 1.54) is 5.56 Å². The first kappa shape index (κ1) is 11.3. The fraction of sp³-hybridized carbons (Fsp3) is 0.538. The van der Waals surface area contributed by atoms with E-state index in [0.29, 0.717) is 11.8 Å². The molecule has 3 nitrogen and oxygen atoms in total. The molecule has 2 rings (SSSR count). The van der Waals surface area contributed by atoms with Crippen molar-refractivity contribution in [1.29, 1.82) is 0 Å². The Morgan fingerprint density at radius 1 is 1.44 bits per heavy atom. The minimum absolute atomic E-state index is 0.415. The second kappa shape index (κ2) is 5.21. The normalized spacial score (nSPS) is 21.4. The molecule has 0 radical (unpaired) electrons. The zero-order valence-electron chi connectivity index (χ0n) is 9.72. The van der Waals surface area contributed by atoms with Gasteiger partial charge in [0.15, 0.2) is 0 Å². The fourth-order valence-corrected chi connectivity index (χ4v) is 2.28. The van der Waals surface area contributed by atoms with Crippen LogP contribution in [-0.2, 0) is 11.3 Å². The number of nitrogens with zero attached hydrogens (tertiary/aromatic N) is 2. The van der Waals surface area contributed by atoms with E-state index >= 15 is 0 Å². The van der Waals surface area contributed by atoms with Crippen LogP contribution in [0.5, 0.6) is 0 Å². The van der Waals surface area contributed by atoms with Gasteiger partial charge in [0.2, 0.25) is 0 Å². The molecule has 0 saturated heterocycles. The molecule has 3 heteroatoms. The number of pyridine rings is 1. The molecule has 86 valence electrons. The summed E-state index contributed by atoms with van der Waals surface area (Å²) >= 11 is 0. The lowest BCUT2D eigenvalue weighted by atomic mass is 9.93. The van der Waals surface area contributed by atoms with Crippen molar-refractivity contribution in [3.63, 3.8) is 0 Å². The zero-order valence-corrected chi connectivity index (χ0v) is 9.72. The highest BCUT2D eigenvalue weighted by atomic mass is 16.1. The Morgan fingerprint density at radius 3 is 2.88 bits per heavy atom. The van der Waals surface area contributed by atoms with Gasteiger partial charge in [-0.3, -0.25) is 14.7 Å². The van der Waals surface area contributed by atoms with Gasteiger partial charge >= 0.3 is 0 Å². The zero-order chi connectivity index (χ0) is 11.4. The number of carbonyl (C=O) groups excluding carboxylic acids is 1. The third kappa shape index (κ3) is 2.89. The van der Waals surface area contributed by atoms with Crippen molar-refractivity contribution >= 4 is 5.78 Å². The topological polar surface area (TPSA) is 33.2 Å². The number of ketones is 1. The van der Waals surface area contributed by atoms with Crippen LogP contribution >= 0.6 is 0 Å². The summed E-state index contributed by atoms with van der Waals surface area (Å²) in [4.78, 5) is 17.7. The van der Waals surface area contributed by atoms with Crippen molar-refractivity contribution in [2.45, 2.75) is 38.3 Å². The molecule has 1 atom stereocenters. The van der Waals surface area contributed by atoms with Crippen LogP contribution in [0.3, 0.4) is 0 Å². The van der Waals surface area contributed by atoms with E-state index in [0.717, 1.165) is 32.2 Å². The molecule has 0 aliphatic heterocycles. The van der Waals surface area contributed by atoms with Gasteiger partial charge in [-0.2, -0.15) is 0 Å².